The Balaban J connectivity index is 1.83. The van der Waals surface area contributed by atoms with Crippen LogP contribution in [0, 0.1) is 0 Å². The Morgan fingerprint density at radius 3 is 2.09 bits per heavy atom. The van der Waals surface area contributed by atoms with Crippen LogP contribution in [0.5, 0.6) is 0 Å². The lowest BCUT2D eigenvalue weighted by Crippen LogP contribution is -2.04. The molecule has 34 heavy (non-hydrogen) atoms. The Hall–Kier alpha value is -3.66. The lowest BCUT2D eigenvalue weighted by Gasteiger charge is -2.19. The van der Waals surface area contributed by atoms with Gasteiger partial charge in [-0.1, -0.05) is 70.2 Å². The molecule has 0 atom stereocenters. The van der Waals surface area contributed by atoms with Crippen LogP contribution in [0.15, 0.2) is 60.9 Å². The van der Waals surface area contributed by atoms with Gasteiger partial charge in [-0.2, -0.15) is 0 Å². The van der Waals surface area contributed by atoms with Gasteiger partial charge >= 0.3 is 0 Å². The summed E-state index contributed by atoms with van der Waals surface area (Å²) < 4.78 is 4.41. The molecule has 0 fully saturated rings. The number of aryl methyl sites for hydroxylation is 2. The highest BCUT2D eigenvalue weighted by Gasteiger charge is 2.23. The number of nitrogens with zero attached hydrogens (tertiary/aromatic N) is 4. The van der Waals surface area contributed by atoms with Crippen LogP contribution < -0.4 is 0 Å². The van der Waals surface area contributed by atoms with Crippen molar-refractivity contribution in [1.29, 1.82) is 0 Å². The third-order valence-electron chi connectivity index (χ3n) is 7.28. The van der Waals surface area contributed by atoms with Crippen molar-refractivity contribution in [2.45, 2.75) is 39.5 Å². The molecule has 0 aliphatic heterocycles. The number of fused-ring (bicyclic) bond motifs is 7. The van der Waals surface area contributed by atoms with Crippen molar-refractivity contribution in [1.82, 2.24) is 19.1 Å². The summed E-state index contributed by atoms with van der Waals surface area (Å²) in [6.07, 6.45) is 1.89. The molecule has 0 amide bonds. The van der Waals surface area contributed by atoms with Gasteiger partial charge in [0.2, 0.25) is 0 Å². The van der Waals surface area contributed by atoms with Crippen LogP contribution in [0.2, 0.25) is 0 Å². The fourth-order valence-electron chi connectivity index (χ4n) is 5.54. The minimum absolute atomic E-state index is 0.413. The Kier molecular flexibility index (Phi) is 4.57. The summed E-state index contributed by atoms with van der Waals surface area (Å²) in [7, 11) is 4.23. The molecular weight excluding hydrogens is 416 g/mol. The predicted octanol–water partition coefficient (Wildman–Crippen LogP) is 7.68. The molecule has 0 saturated heterocycles. The smallest absolute Gasteiger partial charge is 0.141 e. The Labute approximate surface area is 199 Å². The van der Waals surface area contributed by atoms with Gasteiger partial charge in [0.25, 0.3) is 0 Å². The summed E-state index contributed by atoms with van der Waals surface area (Å²) in [5, 5.41) is 4.86. The Morgan fingerprint density at radius 2 is 1.41 bits per heavy atom. The minimum Gasteiger partial charge on any atom is -0.334 e. The van der Waals surface area contributed by atoms with Gasteiger partial charge < -0.3 is 9.13 Å². The molecule has 0 aliphatic rings. The zero-order valence-electron chi connectivity index (χ0n) is 20.7. The molecule has 6 aromatic rings. The fraction of sp³-hybridized carbons (Fsp3) is 0.267. The van der Waals surface area contributed by atoms with E-state index in [2.05, 4.69) is 111 Å². The molecule has 4 nitrogen and oxygen atoms in total. The fourth-order valence-corrected chi connectivity index (χ4v) is 5.54. The third-order valence-corrected chi connectivity index (χ3v) is 7.28. The monoisotopic (exact) mass is 446 g/mol. The van der Waals surface area contributed by atoms with E-state index in [-0.39, 0.29) is 0 Å². The SMILES string of the molecule is CC(C)c1cccc(C(C)C)c1-c1nc2c3ccccc3c3cc4ncn(C)c4cc3c2n1C. The largest absolute Gasteiger partial charge is 0.334 e. The van der Waals surface area contributed by atoms with Gasteiger partial charge in [-0.3, -0.25) is 0 Å². The lowest BCUT2D eigenvalue weighted by atomic mass is 9.88. The molecule has 2 aromatic heterocycles. The van der Waals surface area contributed by atoms with Gasteiger partial charge in [0.15, 0.2) is 0 Å². The van der Waals surface area contributed by atoms with Crippen LogP contribution >= 0.6 is 0 Å². The van der Waals surface area contributed by atoms with E-state index in [1.165, 1.54) is 43.8 Å². The van der Waals surface area contributed by atoms with Crippen molar-refractivity contribution in [2.75, 3.05) is 0 Å². The molecule has 0 bridgehead atoms. The summed E-state index contributed by atoms with van der Waals surface area (Å²) in [4.78, 5) is 10.0. The van der Waals surface area contributed by atoms with Gasteiger partial charge in [0, 0.05) is 30.4 Å². The molecule has 0 unspecified atom stereocenters. The van der Waals surface area contributed by atoms with Crippen molar-refractivity contribution < 1.29 is 0 Å². The minimum atomic E-state index is 0.413. The maximum Gasteiger partial charge on any atom is 0.141 e. The molecule has 6 rings (SSSR count). The molecule has 0 aliphatic carbocycles. The second-order valence-corrected chi connectivity index (χ2v) is 10.1. The summed E-state index contributed by atoms with van der Waals surface area (Å²) in [5.74, 6) is 1.87. The normalized spacial score (nSPS) is 12.4. The van der Waals surface area contributed by atoms with Crippen molar-refractivity contribution in [2.24, 2.45) is 14.1 Å². The summed E-state index contributed by atoms with van der Waals surface area (Å²) in [6, 6.07) is 19.9. The number of hydrogen-bond acceptors (Lipinski definition) is 2. The van der Waals surface area contributed by atoms with Crippen LogP contribution in [0.1, 0.15) is 50.7 Å². The number of rotatable bonds is 3. The van der Waals surface area contributed by atoms with E-state index in [0.29, 0.717) is 11.8 Å². The molecule has 170 valence electrons. The predicted molar refractivity (Wildman–Crippen MR) is 144 cm³/mol. The van der Waals surface area contributed by atoms with Crippen LogP contribution in [0.25, 0.3) is 55.0 Å². The summed E-state index contributed by atoms with van der Waals surface area (Å²) in [6.45, 7) is 9.09. The van der Waals surface area contributed by atoms with Crippen LogP contribution in [0.4, 0.5) is 0 Å². The molecular formula is C30H30N4. The van der Waals surface area contributed by atoms with Crippen LogP contribution in [-0.4, -0.2) is 19.1 Å². The topological polar surface area (TPSA) is 35.6 Å². The van der Waals surface area contributed by atoms with E-state index >= 15 is 0 Å². The highest BCUT2D eigenvalue weighted by atomic mass is 15.1. The maximum absolute atomic E-state index is 5.38. The maximum atomic E-state index is 5.38. The number of aromatic nitrogens is 4. The van der Waals surface area contributed by atoms with Crippen LogP contribution in [-0.2, 0) is 14.1 Å². The van der Waals surface area contributed by atoms with Gasteiger partial charge in [0.1, 0.15) is 5.82 Å². The standard InChI is InChI=1S/C30H30N4/c1-17(2)19-12-9-13-20(18(3)4)27(19)30-32-28-22-11-8-7-10-21(22)23-14-25-26(33(5)16-31-25)15-24(23)29(28)34(30)6/h7-18H,1-6H3. The number of benzene rings is 4. The molecule has 2 heterocycles. The average molecular weight is 447 g/mol. The molecule has 4 aromatic carbocycles. The van der Waals surface area contributed by atoms with Gasteiger partial charge in [0.05, 0.1) is 28.4 Å². The Morgan fingerprint density at radius 1 is 0.735 bits per heavy atom. The second kappa shape index (κ2) is 7.42. The van der Waals surface area contributed by atoms with Crippen molar-refractivity contribution in [3.05, 3.63) is 72.1 Å². The first kappa shape index (κ1) is 20.9. The average Bonchev–Trinajstić information content (AvgIpc) is 3.37. The quantitative estimate of drug-likeness (QED) is 0.261. The van der Waals surface area contributed by atoms with Crippen molar-refractivity contribution in [3.8, 4) is 11.4 Å². The van der Waals surface area contributed by atoms with Gasteiger partial charge in [-0.15, -0.1) is 0 Å². The van der Waals surface area contributed by atoms with E-state index in [1.807, 2.05) is 6.33 Å². The zero-order valence-corrected chi connectivity index (χ0v) is 20.7. The number of hydrogen-bond donors (Lipinski definition) is 0. The zero-order chi connectivity index (χ0) is 23.7. The van der Waals surface area contributed by atoms with E-state index in [1.54, 1.807) is 0 Å². The lowest BCUT2D eigenvalue weighted by molar-refractivity contribution is 0.828. The van der Waals surface area contributed by atoms with Gasteiger partial charge in [-0.05, 0) is 45.9 Å². The van der Waals surface area contributed by atoms with Crippen molar-refractivity contribution in [3.63, 3.8) is 0 Å². The van der Waals surface area contributed by atoms with E-state index < -0.39 is 0 Å². The van der Waals surface area contributed by atoms with E-state index in [0.717, 1.165) is 22.4 Å². The van der Waals surface area contributed by atoms with E-state index in [4.69, 9.17) is 4.98 Å². The first-order valence-corrected chi connectivity index (χ1v) is 12.1. The molecule has 4 heteroatoms. The second-order valence-electron chi connectivity index (χ2n) is 10.1. The Bertz CT molecular complexity index is 1700. The molecule has 0 N–H and O–H groups in total. The first-order valence-electron chi connectivity index (χ1n) is 12.1. The highest BCUT2D eigenvalue weighted by molar-refractivity contribution is 6.25. The summed E-state index contributed by atoms with van der Waals surface area (Å²) in [5.41, 5.74) is 8.39. The number of imidazole rings is 2. The van der Waals surface area contributed by atoms with Gasteiger partial charge in [-0.25, -0.2) is 9.97 Å². The van der Waals surface area contributed by atoms with E-state index in [9.17, 15) is 0 Å². The molecule has 0 spiro atoms. The summed E-state index contributed by atoms with van der Waals surface area (Å²) >= 11 is 0. The molecule has 0 radical (unpaired) electrons. The third kappa shape index (κ3) is 2.84. The molecule has 0 saturated carbocycles. The van der Waals surface area contributed by atoms with Crippen LogP contribution in [0.3, 0.4) is 0 Å². The first-order chi connectivity index (χ1) is 16.4. The van der Waals surface area contributed by atoms with Crippen molar-refractivity contribution >= 4 is 43.6 Å². The highest BCUT2D eigenvalue weighted by Crippen LogP contribution is 2.41.